The molecule has 0 fully saturated rings. The molecule has 1 aromatic heterocycles. The molecular formula is C40H32B4N2O. The highest BCUT2D eigenvalue weighted by Crippen LogP contribution is 2.50. The summed E-state index contributed by atoms with van der Waals surface area (Å²) in [5, 5.41) is 1.03. The van der Waals surface area contributed by atoms with Crippen molar-refractivity contribution in [1.29, 1.82) is 0 Å². The van der Waals surface area contributed by atoms with Crippen LogP contribution in [0, 0.1) is 0 Å². The lowest BCUT2D eigenvalue weighted by molar-refractivity contribution is 0.332. The zero-order chi connectivity index (χ0) is 32.4. The maximum absolute atomic E-state index is 7.12. The number of anilines is 6. The fourth-order valence-electron chi connectivity index (χ4n) is 8.42. The van der Waals surface area contributed by atoms with Crippen molar-refractivity contribution in [2.75, 3.05) is 9.80 Å². The van der Waals surface area contributed by atoms with Gasteiger partial charge in [0.15, 0.2) is 0 Å². The second-order valence-electron chi connectivity index (χ2n) is 14.7. The Balaban J connectivity index is 1.49. The lowest BCUT2D eigenvalue weighted by Gasteiger charge is -2.47. The van der Waals surface area contributed by atoms with Crippen LogP contribution in [0.3, 0.4) is 0 Å². The van der Waals surface area contributed by atoms with E-state index in [2.05, 4.69) is 98.2 Å². The minimum Gasteiger partial charge on any atom is -0.468 e. The van der Waals surface area contributed by atoms with Gasteiger partial charge in [0.25, 0.3) is 6.71 Å². The number of furan rings is 1. The van der Waals surface area contributed by atoms with Gasteiger partial charge in [-0.05, 0) is 88.2 Å². The zero-order valence-electron chi connectivity index (χ0n) is 27.3. The Labute approximate surface area is 281 Å². The van der Waals surface area contributed by atoms with Crippen molar-refractivity contribution in [3.63, 3.8) is 0 Å². The molecule has 47 heavy (non-hydrogen) atoms. The van der Waals surface area contributed by atoms with Crippen LogP contribution >= 0.6 is 0 Å². The Morgan fingerprint density at radius 1 is 0.617 bits per heavy atom. The van der Waals surface area contributed by atoms with Crippen LogP contribution in [0.1, 0.15) is 51.7 Å². The van der Waals surface area contributed by atoms with Gasteiger partial charge in [0.1, 0.15) is 29.1 Å². The minimum atomic E-state index is -0.256. The van der Waals surface area contributed by atoms with Gasteiger partial charge in [-0.1, -0.05) is 93.2 Å². The maximum Gasteiger partial charge on any atom is 0.297 e. The molecule has 0 saturated heterocycles. The molecule has 0 saturated carbocycles. The molecule has 0 N–H and O–H groups in total. The van der Waals surface area contributed by atoms with E-state index in [0.29, 0.717) is 16.4 Å². The van der Waals surface area contributed by atoms with Gasteiger partial charge in [0.05, 0.1) is 11.3 Å². The first-order valence-corrected chi connectivity index (χ1v) is 16.5. The van der Waals surface area contributed by atoms with Gasteiger partial charge in [-0.25, -0.2) is 0 Å². The van der Waals surface area contributed by atoms with Gasteiger partial charge in [0, 0.05) is 33.8 Å². The van der Waals surface area contributed by atoms with Gasteiger partial charge in [-0.15, -0.1) is 5.46 Å². The van der Waals surface area contributed by atoms with E-state index in [1.165, 1.54) is 16.6 Å². The summed E-state index contributed by atoms with van der Waals surface area (Å²) in [5.74, 6) is 0. The van der Waals surface area contributed by atoms with E-state index in [1.807, 2.05) is 36.4 Å². The molecule has 1 aliphatic carbocycles. The third kappa shape index (κ3) is 3.86. The maximum atomic E-state index is 7.12. The van der Waals surface area contributed by atoms with Crippen molar-refractivity contribution in [3.8, 4) is 0 Å². The largest absolute Gasteiger partial charge is 0.468 e. The molecule has 6 aromatic rings. The summed E-state index contributed by atoms with van der Waals surface area (Å²) in [6.45, 7) is 9.25. The summed E-state index contributed by atoms with van der Waals surface area (Å²) in [6, 6.07) is 34.0. The fourth-order valence-corrected chi connectivity index (χ4v) is 8.42. The third-order valence-electron chi connectivity index (χ3n) is 11.0. The van der Waals surface area contributed by atoms with E-state index in [9.17, 15) is 0 Å². The average Bonchev–Trinajstić information content (AvgIpc) is 3.47. The average molecular weight is 600 g/mol. The number of hydrogen-bond acceptors (Lipinski definition) is 3. The first kappa shape index (κ1) is 28.7. The Kier molecular flexibility index (Phi) is 5.96. The summed E-state index contributed by atoms with van der Waals surface area (Å²) in [7, 11) is 21.1. The fraction of sp³-hybridized carbons (Fsp3) is 0.200. The summed E-state index contributed by atoms with van der Waals surface area (Å²) in [6.07, 6.45) is 2.24. The second kappa shape index (κ2) is 9.76. The van der Waals surface area contributed by atoms with Gasteiger partial charge >= 0.3 is 0 Å². The normalized spacial score (nSPS) is 16.8. The number of rotatable bonds is 2. The molecule has 0 spiro atoms. The highest BCUT2D eigenvalue weighted by Gasteiger charge is 2.49. The summed E-state index contributed by atoms with van der Waals surface area (Å²) < 4.78 is 6.96. The second-order valence-corrected chi connectivity index (χ2v) is 14.7. The number of fused-ring (bicyclic) bond motifs is 7. The van der Waals surface area contributed by atoms with Crippen molar-refractivity contribution < 1.29 is 4.42 Å². The van der Waals surface area contributed by atoms with Crippen LogP contribution < -0.4 is 42.8 Å². The third-order valence-corrected chi connectivity index (χ3v) is 11.0. The van der Waals surface area contributed by atoms with Crippen LogP contribution in [0.4, 0.5) is 34.1 Å². The number of para-hydroxylation sites is 3. The minimum absolute atomic E-state index is 0.0144. The Bertz CT molecular complexity index is 2260. The van der Waals surface area contributed by atoms with Crippen molar-refractivity contribution >= 4 is 108 Å². The highest BCUT2D eigenvalue weighted by atomic mass is 16.3. The topological polar surface area (TPSA) is 19.6 Å². The quantitative estimate of drug-likeness (QED) is 0.253. The highest BCUT2D eigenvalue weighted by molar-refractivity contribution is 7.00. The Hall–Kier alpha value is -4.50. The van der Waals surface area contributed by atoms with Gasteiger partial charge in [-0.2, -0.15) is 0 Å². The summed E-state index contributed by atoms with van der Waals surface area (Å²) in [5.41, 5.74) is 13.8. The van der Waals surface area contributed by atoms with E-state index < -0.39 is 0 Å². The first-order valence-electron chi connectivity index (χ1n) is 16.5. The van der Waals surface area contributed by atoms with E-state index >= 15 is 0 Å². The van der Waals surface area contributed by atoms with Gasteiger partial charge in [0.2, 0.25) is 0 Å². The molecule has 7 heteroatoms. The molecule has 0 atom stereocenters. The molecule has 3 aliphatic rings. The molecule has 3 nitrogen and oxygen atoms in total. The van der Waals surface area contributed by atoms with E-state index in [4.69, 9.17) is 28.0 Å². The van der Waals surface area contributed by atoms with E-state index in [1.54, 1.807) is 0 Å². The van der Waals surface area contributed by atoms with Crippen molar-refractivity contribution in [3.05, 3.63) is 108 Å². The first-order chi connectivity index (χ1) is 22.6. The van der Waals surface area contributed by atoms with E-state index in [0.717, 1.165) is 69.1 Å². The molecule has 0 amide bonds. The number of nitrogens with zero attached hydrogens (tertiary/aromatic N) is 2. The molecule has 3 heterocycles. The van der Waals surface area contributed by atoms with Crippen LogP contribution in [-0.2, 0) is 10.8 Å². The molecular weight excluding hydrogens is 568 g/mol. The van der Waals surface area contributed by atoms with Crippen molar-refractivity contribution in [1.82, 2.24) is 0 Å². The van der Waals surface area contributed by atoms with E-state index in [-0.39, 0.29) is 17.5 Å². The molecule has 0 unspecified atom stereocenters. The molecule has 220 valence electrons. The van der Waals surface area contributed by atoms with Gasteiger partial charge in [-0.3, -0.25) is 0 Å². The van der Waals surface area contributed by atoms with Crippen molar-refractivity contribution in [2.45, 2.75) is 51.4 Å². The van der Waals surface area contributed by atoms with Crippen LogP contribution in [0.15, 0.2) is 101 Å². The van der Waals surface area contributed by atoms with Crippen LogP contribution in [-0.4, -0.2) is 30.3 Å². The van der Waals surface area contributed by atoms with Crippen molar-refractivity contribution in [2.24, 2.45) is 0 Å². The summed E-state index contributed by atoms with van der Waals surface area (Å²) in [4.78, 5) is 4.55. The Morgan fingerprint density at radius 2 is 1.15 bits per heavy atom. The molecule has 5 aromatic carbocycles. The summed E-state index contributed by atoms with van der Waals surface area (Å²) >= 11 is 0. The SMILES string of the molecule is [B]c1c([B])c2c3c(c1[B])N(c1ccccc1)c1c(oc4ccccc14)B3c1cc3c(cc1N2c1ccccc1)C(C)(C)CCC3(C)C. The molecule has 0 bridgehead atoms. The van der Waals surface area contributed by atoms with Crippen LogP contribution in [0.2, 0.25) is 0 Å². The molecule has 6 radical (unpaired) electrons. The predicted octanol–water partition coefficient (Wildman–Crippen LogP) is 5.25. The predicted molar refractivity (Wildman–Crippen MR) is 202 cm³/mol. The lowest BCUT2D eigenvalue weighted by Crippen LogP contribution is -2.65. The number of hydrogen-bond donors (Lipinski definition) is 0. The number of benzene rings is 5. The zero-order valence-corrected chi connectivity index (χ0v) is 27.3. The lowest BCUT2D eigenvalue weighted by atomic mass is 9.34. The smallest absolute Gasteiger partial charge is 0.297 e. The standard InChI is InChI=1S/C40H32B4N2O/c1-39(2)19-20-40(3,4)27-22-29-28(21-26(27)39)44-34-36(45(29)23-13-7-5-8-14-23)32(42)31(41)33(43)37(34)46(24-15-9-6-10-16-24)35-25-17-11-12-18-30(25)47-38(35)44/h5-18,21-22H,19-20H2,1-4H3. The van der Waals surface area contributed by atoms with Gasteiger partial charge < -0.3 is 14.2 Å². The van der Waals surface area contributed by atoms with Crippen LogP contribution in [0.25, 0.3) is 11.0 Å². The molecule has 9 rings (SSSR count). The van der Waals surface area contributed by atoms with Crippen LogP contribution in [0.5, 0.6) is 0 Å². The monoisotopic (exact) mass is 600 g/mol. The molecule has 2 aliphatic heterocycles. The Morgan fingerprint density at radius 3 is 1.79 bits per heavy atom.